The predicted octanol–water partition coefficient (Wildman–Crippen LogP) is 1.92. The maximum absolute atomic E-state index is 11.1. The molecule has 3 N–H and O–H groups in total. The monoisotopic (exact) mass is 236 g/mol. The van der Waals surface area contributed by atoms with Crippen molar-refractivity contribution in [3.8, 4) is 0 Å². The van der Waals surface area contributed by atoms with E-state index in [2.05, 4.69) is 10.1 Å². The van der Waals surface area contributed by atoms with Crippen LogP contribution < -0.4 is 11.1 Å². The second kappa shape index (κ2) is 5.34. The fourth-order valence-electron chi connectivity index (χ4n) is 1.78. The van der Waals surface area contributed by atoms with Gasteiger partial charge >= 0.3 is 12.2 Å². The van der Waals surface area contributed by atoms with Gasteiger partial charge in [-0.25, -0.2) is 9.59 Å². The fraction of sp³-hybridized carbons (Fsp3) is 0.333. The zero-order valence-electron chi connectivity index (χ0n) is 10.2. The smallest absolute Gasteiger partial charge is 0.360 e. The number of hydrogen-bond donors (Lipinski definition) is 2. The molecule has 0 bridgehead atoms. The highest BCUT2D eigenvalue weighted by molar-refractivity contribution is 5.82. The van der Waals surface area contributed by atoms with E-state index in [-0.39, 0.29) is 0 Å². The van der Waals surface area contributed by atoms with Crippen molar-refractivity contribution in [2.45, 2.75) is 27.3 Å². The van der Waals surface area contributed by atoms with E-state index in [9.17, 15) is 9.59 Å². The summed E-state index contributed by atoms with van der Waals surface area (Å²) in [5.74, 6) is 0. The molecule has 17 heavy (non-hydrogen) atoms. The average Bonchev–Trinajstić information content (AvgIpc) is 2.14. The number of hydrogen-bond acceptors (Lipinski definition) is 3. The number of nitrogens with two attached hydrogens (primary N) is 1. The van der Waals surface area contributed by atoms with Crippen molar-refractivity contribution in [2.75, 3.05) is 0 Å². The first-order valence-corrected chi connectivity index (χ1v) is 5.22. The van der Waals surface area contributed by atoms with Crippen molar-refractivity contribution in [2.24, 2.45) is 5.73 Å². The van der Waals surface area contributed by atoms with Crippen LogP contribution in [0.5, 0.6) is 0 Å². The minimum atomic E-state index is -1.11. The average molecular weight is 236 g/mol. The lowest BCUT2D eigenvalue weighted by Crippen LogP contribution is -2.29. The van der Waals surface area contributed by atoms with E-state index in [0.29, 0.717) is 6.54 Å². The quantitative estimate of drug-likeness (QED) is 0.769. The second-order valence-corrected chi connectivity index (χ2v) is 3.94. The largest absolute Gasteiger partial charge is 0.416 e. The number of carbonyl (C=O) groups excluding carboxylic acids is 2. The van der Waals surface area contributed by atoms with Gasteiger partial charge in [-0.05, 0) is 37.5 Å². The summed E-state index contributed by atoms with van der Waals surface area (Å²) in [4.78, 5) is 21.4. The van der Waals surface area contributed by atoms with E-state index in [4.69, 9.17) is 5.73 Å². The number of primary amides is 1. The Hall–Kier alpha value is -2.04. The van der Waals surface area contributed by atoms with Crippen LogP contribution in [0.2, 0.25) is 0 Å². The molecule has 1 aromatic rings. The molecule has 0 aromatic heterocycles. The van der Waals surface area contributed by atoms with Crippen molar-refractivity contribution in [1.29, 1.82) is 0 Å². The third-order valence-electron chi connectivity index (χ3n) is 2.44. The van der Waals surface area contributed by atoms with Gasteiger partial charge in [-0.15, -0.1) is 0 Å². The van der Waals surface area contributed by atoms with Gasteiger partial charge in [0, 0.05) is 6.54 Å². The summed E-state index contributed by atoms with van der Waals surface area (Å²) in [6, 6.07) is 4.06. The molecule has 0 aliphatic heterocycles. The number of rotatable bonds is 2. The number of alkyl carbamates (subject to hydrolysis) is 1. The first-order valence-electron chi connectivity index (χ1n) is 5.22. The van der Waals surface area contributed by atoms with Crippen LogP contribution in [-0.2, 0) is 11.3 Å². The zero-order valence-corrected chi connectivity index (χ0v) is 10.2. The van der Waals surface area contributed by atoms with Crippen LogP contribution in [0.4, 0.5) is 9.59 Å². The molecule has 0 aliphatic carbocycles. The van der Waals surface area contributed by atoms with Crippen LogP contribution in [0, 0.1) is 20.8 Å². The highest BCUT2D eigenvalue weighted by atomic mass is 16.6. The number of amides is 2. The molecule has 0 spiro atoms. The lowest BCUT2D eigenvalue weighted by Gasteiger charge is -2.11. The summed E-state index contributed by atoms with van der Waals surface area (Å²) in [5.41, 5.74) is 9.07. The van der Waals surface area contributed by atoms with Gasteiger partial charge in [0.1, 0.15) is 0 Å². The lowest BCUT2D eigenvalue weighted by atomic mass is 10.00. The van der Waals surface area contributed by atoms with Gasteiger partial charge in [-0.1, -0.05) is 17.7 Å². The molecule has 0 radical (unpaired) electrons. The lowest BCUT2D eigenvalue weighted by molar-refractivity contribution is 0.156. The first-order chi connectivity index (χ1) is 7.90. The molecule has 0 fully saturated rings. The van der Waals surface area contributed by atoms with E-state index in [0.717, 1.165) is 16.7 Å². The summed E-state index contributed by atoms with van der Waals surface area (Å²) in [7, 11) is 0. The molecular formula is C12H16N2O3. The molecule has 5 nitrogen and oxygen atoms in total. The summed E-state index contributed by atoms with van der Waals surface area (Å²) in [6.07, 6.45) is -1.95. The summed E-state index contributed by atoms with van der Waals surface area (Å²) < 4.78 is 4.16. The van der Waals surface area contributed by atoms with Gasteiger partial charge in [0.25, 0.3) is 0 Å². The minimum Gasteiger partial charge on any atom is -0.360 e. The topological polar surface area (TPSA) is 81.4 Å². The van der Waals surface area contributed by atoms with Gasteiger partial charge in [0.15, 0.2) is 0 Å². The van der Waals surface area contributed by atoms with Gasteiger partial charge in [-0.3, -0.25) is 0 Å². The second-order valence-electron chi connectivity index (χ2n) is 3.94. The summed E-state index contributed by atoms with van der Waals surface area (Å²) in [6.45, 7) is 6.26. The Bertz CT molecular complexity index is 432. The van der Waals surface area contributed by atoms with Gasteiger partial charge in [-0.2, -0.15) is 0 Å². The minimum absolute atomic E-state index is 0.310. The predicted molar refractivity (Wildman–Crippen MR) is 63.6 cm³/mol. The number of carbonyl (C=O) groups is 2. The fourth-order valence-corrected chi connectivity index (χ4v) is 1.78. The van der Waals surface area contributed by atoms with Gasteiger partial charge < -0.3 is 15.8 Å². The maximum Gasteiger partial charge on any atom is 0.416 e. The Morgan fingerprint density at radius 2 is 1.76 bits per heavy atom. The summed E-state index contributed by atoms with van der Waals surface area (Å²) >= 11 is 0. The molecule has 1 rings (SSSR count). The molecule has 0 saturated carbocycles. The molecule has 0 aliphatic rings. The Morgan fingerprint density at radius 3 is 2.24 bits per heavy atom. The Morgan fingerprint density at radius 1 is 1.24 bits per heavy atom. The molecule has 0 atom stereocenters. The van der Waals surface area contributed by atoms with E-state index in [1.54, 1.807) is 0 Å². The number of benzene rings is 1. The number of aryl methyl sites for hydroxylation is 3. The third-order valence-corrected chi connectivity index (χ3v) is 2.44. The van der Waals surface area contributed by atoms with Crippen molar-refractivity contribution in [3.63, 3.8) is 0 Å². The Kier molecular flexibility index (Phi) is 4.09. The Labute approximate surface area is 99.9 Å². The Balaban J connectivity index is 2.70. The van der Waals surface area contributed by atoms with E-state index in [1.807, 2.05) is 32.9 Å². The van der Waals surface area contributed by atoms with Crippen LogP contribution in [0.25, 0.3) is 0 Å². The van der Waals surface area contributed by atoms with Gasteiger partial charge in [0.2, 0.25) is 0 Å². The van der Waals surface area contributed by atoms with Crippen LogP contribution in [0.1, 0.15) is 22.3 Å². The molecule has 5 heteroatoms. The SMILES string of the molecule is Cc1cc(C)c(CNC(=O)OC(N)=O)c(C)c1. The number of nitrogens with one attached hydrogen (secondary N) is 1. The molecule has 2 amide bonds. The molecule has 92 valence electrons. The van der Waals surface area contributed by atoms with Crippen LogP contribution in [0.3, 0.4) is 0 Å². The molecule has 0 saturated heterocycles. The van der Waals surface area contributed by atoms with Crippen molar-refractivity contribution in [1.82, 2.24) is 5.32 Å². The van der Waals surface area contributed by atoms with Crippen molar-refractivity contribution in [3.05, 3.63) is 34.4 Å². The van der Waals surface area contributed by atoms with Crippen molar-refractivity contribution >= 4 is 12.2 Å². The molecule has 0 unspecified atom stereocenters. The van der Waals surface area contributed by atoms with E-state index < -0.39 is 12.2 Å². The summed E-state index contributed by atoms with van der Waals surface area (Å²) in [5, 5.41) is 2.47. The highest BCUT2D eigenvalue weighted by Crippen LogP contribution is 2.15. The standard InChI is InChI=1S/C12H16N2O3/c1-7-4-8(2)10(9(3)5-7)6-14-12(16)17-11(13)15/h4-5H,6H2,1-3H3,(H2,13,15)(H,14,16). The van der Waals surface area contributed by atoms with Crippen LogP contribution in [-0.4, -0.2) is 12.2 Å². The van der Waals surface area contributed by atoms with Crippen LogP contribution >= 0.6 is 0 Å². The van der Waals surface area contributed by atoms with Crippen LogP contribution in [0.15, 0.2) is 12.1 Å². The number of ether oxygens (including phenoxy) is 1. The maximum atomic E-state index is 11.1. The first kappa shape index (κ1) is 13.0. The molecule has 0 heterocycles. The van der Waals surface area contributed by atoms with Gasteiger partial charge in [0.05, 0.1) is 0 Å². The zero-order chi connectivity index (χ0) is 13.0. The van der Waals surface area contributed by atoms with E-state index >= 15 is 0 Å². The van der Waals surface area contributed by atoms with E-state index in [1.165, 1.54) is 5.56 Å². The molecule has 1 aromatic carbocycles. The van der Waals surface area contributed by atoms with Crippen molar-refractivity contribution < 1.29 is 14.3 Å². The molecular weight excluding hydrogens is 220 g/mol. The normalized spacial score (nSPS) is 9.82. The third kappa shape index (κ3) is 3.79. The highest BCUT2D eigenvalue weighted by Gasteiger charge is 2.08.